The Bertz CT molecular complexity index is 1120. The maximum absolute atomic E-state index is 12.8. The first-order valence-electron chi connectivity index (χ1n) is 10.3. The van der Waals surface area contributed by atoms with Gasteiger partial charge in [0.25, 0.3) is 11.6 Å². The highest BCUT2D eigenvalue weighted by Crippen LogP contribution is 2.40. The summed E-state index contributed by atoms with van der Waals surface area (Å²) >= 11 is 1.41. The molecule has 1 N–H and O–H groups in total. The average molecular weight is 484 g/mol. The lowest BCUT2D eigenvalue weighted by Gasteiger charge is -2.52. The van der Waals surface area contributed by atoms with E-state index in [4.69, 9.17) is 9.47 Å². The van der Waals surface area contributed by atoms with Gasteiger partial charge in [0, 0.05) is 17.9 Å². The zero-order valence-corrected chi connectivity index (χ0v) is 18.7. The summed E-state index contributed by atoms with van der Waals surface area (Å²) in [6.45, 7) is 3.57. The fourth-order valence-corrected chi connectivity index (χ4v) is 4.95. The van der Waals surface area contributed by atoms with Crippen molar-refractivity contribution in [2.24, 2.45) is 0 Å². The Labute approximate surface area is 199 Å². The second kappa shape index (κ2) is 9.96. The van der Waals surface area contributed by atoms with E-state index < -0.39 is 40.2 Å². The summed E-state index contributed by atoms with van der Waals surface area (Å²) in [4.78, 5) is 49.5. The van der Waals surface area contributed by atoms with Gasteiger partial charge in [0.2, 0.25) is 5.91 Å². The van der Waals surface area contributed by atoms with Gasteiger partial charge in [-0.1, -0.05) is 24.8 Å². The predicted molar refractivity (Wildman–Crippen MR) is 123 cm³/mol. The van der Waals surface area contributed by atoms with Gasteiger partial charge in [-0.05, 0) is 35.4 Å². The number of ether oxygens (including phenoxy) is 2. The van der Waals surface area contributed by atoms with Crippen LogP contribution < -0.4 is 10.1 Å². The van der Waals surface area contributed by atoms with Gasteiger partial charge >= 0.3 is 5.97 Å². The number of carbonyl (C=O) groups is 3. The lowest BCUT2D eigenvalue weighted by Crippen LogP contribution is -2.74. The van der Waals surface area contributed by atoms with Gasteiger partial charge in [-0.3, -0.25) is 19.7 Å². The Kier molecular flexibility index (Phi) is 6.82. The number of para-hydroxylation sites is 1. The molecule has 0 saturated carbocycles. The molecular weight excluding hydrogens is 462 g/mol. The van der Waals surface area contributed by atoms with Crippen LogP contribution in [0.15, 0.2) is 66.7 Å². The van der Waals surface area contributed by atoms with E-state index in [-0.39, 0.29) is 18.9 Å². The number of thioether (sulfide) groups is 1. The molecule has 2 aliphatic heterocycles. The molecule has 0 spiro atoms. The number of non-ortho nitro benzene ring substituents is 1. The van der Waals surface area contributed by atoms with Gasteiger partial charge in [-0.25, -0.2) is 4.79 Å². The summed E-state index contributed by atoms with van der Waals surface area (Å²) < 4.78 is 10.8. The van der Waals surface area contributed by atoms with Crippen molar-refractivity contribution in [3.8, 4) is 5.75 Å². The number of β-lactam (4-membered cyclic amide) rings is 1. The number of fused-ring (bicyclic) bond motifs is 1. The number of rotatable bonds is 8. The summed E-state index contributed by atoms with van der Waals surface area (Å²) in [5.74, 6) is -0.510. The van der Waals surface area contributed by atoms with Crippen molar-refractivity contribution in [3.05, 3.63) is 82.4 Å². The average Bonchev–Trinajstić information content (AvgIpc) is 2.85. The minimum Gasteiger partial charge on any atom is -0.484 e. The quantitative estimate of drug-likeness (QED) is 0.199. The molecule has 0 aliphatic carbocycles. The molecule has 0 unspecified atom stereocenters. The van der Waals surface area contributed by atoms with Crippen LogP contribution in [0.5, 0.6) is 5.75 Å². The molecule has 2 amide bonds. The third-order valence-corrected chi connectivity index (χ3v) is 6.74. The number of nitro benzene ring substituents is 1. The van der Waals surface area contributed by atoms with Crippen molar-refractivity contribution >= 4 is 35.2 Å². The number of nitro groups is 1. The molecule has 2 aliphatic rings. The highest BCUT2D eigenvalue weighted by molar-refractivity contribution is 8.00. The standard InChI is InChI=1S/C23H21N3O7S/c1-14-13-34-22-19(24-18(27)12-32-17-5-3-2-4-6-17)21(28)25(22)20(14)23(29)33-11-15-7-9-16(10-8-15)26(30)31/h2-10,19-20,22H,1,11-13H2,(H,24,27)/t19-,20-,22-/m1/s1. The molecule has 0 radical (unpaired) electrons. The maximum atomic E-state index is 12.8. The molecule has 0 bridgehead atoms. The van der Waals surface area contributed by atoms with Gasteiger partial charge in [-0.15, -0.1) is 11.8 Å². The van der Waals surface area contributed by atoms with Crippen LogP contribution in [0.25, 0.3) is 0 Å². The van der Waals surface area contributed by atoms with E-state index >= 15 is 0 Å². The lowest BCUT2D eigenvalue weighted by atomic mass is 9.98. The normalized spacial score (nSPS) is 21.2. The van der Waals surface area contributed by atoms with E-state index in [0.29, 0.717) is 22.6 Å². The molecule has 10 nitrogen and oxygen atoms in total. The lowest BCUT2D eigenvalue weighted by molar-refractivity contribution is -0.384. The van der Waals surface area contributed by atoms with Crippen LogP contribution in [-0.4, -0.2) is 57.4 Å². The summed E-state index contributed by atoms with van der Waals surface area (Å²) in [6.07, 6.45) is 0. The Balaban J connectivity index is 1.32. The third kappa shape index (κ3) is 4.88. The Morgan fingerprint density at radius 1 is 1.18 bits per heavy atom. The summed E-state index contributed by atoms with van der Waals surface area (Å²) in [6, 6.07) is 12.8. The minimum absolute atomic E-state index is 0.0657. The van der Waals surface area contributed by atoms with Crippen LogP contribution in [0.3, 0.4) is 0 Å². The molecule has 2 saturated heterocycles. The highest BCUT2D eigenvalue weighted by Gasteiger charge is 2.56. The van der Waals surface area contributed by atoms with E-state index in [1.54, 1.807) is 24.3 Å². The van der Waals surface area contributed by atoms with Crippen LogP contribution in [0, 0.1) is 10.1 Å². The minimum atomic E-state index is -0.953. The molecule has 2 aromatic carbocycles. The van der Waals surface area contributed by atoms with Crippen molar-refractivity contribution in [1.29, 1.82) is 0 Å². The molecule has 176 valence electrons. The Morgan fingerprint density at radius 2 is 1.88 bits per heavy atom. The molecule has 11 heteroatoms. The van der Waals surface area contributed by atoms with Crippen LogP contribution in [0.2, 0.25) is 0 Å². The summed E-state index contributed by atoms with van der Waals surface area (Å²) in [7, 11) is 0. The number of hydrogen-bond donors (Lipinski definition) is 1. The predicted octanol–water partition coefficient (Wildman–Crippen LogP) is 2.04. The largest absolute Gasteiger partial charge is 0.484 e. The van der Waals surface area contributed by atoms with Crippen molar-refractivity contribution in [2.75, 3.05) is 12.4 Å². The second-order valence-corrected chi connectivity index (χ2v) is 8.79. The van der Waals surface area contributed by atoms with Crippen LogP contribution in [0.4, 0.5) is 5.69 Å². The number of amides is 2. The van der Waals surface area contributed by atoms with Crippen molar-refractivity contribution in [2.45, 2.75) is 24.1 Å². The van der Waals surface area contributed by atoms with Crippen LogP contribution in [0.1, 0.15) is 5.56 Å². The Hall–Kier alpha value is -3.86. The first kappa shape index (κ1) is 23.3. The number of benzene rings is 2. The summed E-state index contributed by atoms with van der Waals surface area (Å²) in [5.41, 5.74) is 1.04. The number of nitrogens with zero attached hydrogens (tertiary/aromatic N) is 2. The van der Waals surface area contributed by atoms with E-state index in [2.05, 4.69) is 11.9 Å². The number of esters is 1. The smallest absolute Gasteiger partial charge is 0.333 e. The first-order chi connectivity index (χ1) is 16.3. The van der Waals surface area contributed by atoms with Crippen LogP contribution in [-0.2, 0) is 25.7 Å². The molecule has 2 fully saturated rings. The van der Waals surface area contributed by atoms with Gasteiger partial charge in [0.15, 0.2) is 12.6 Å². The SMILES string of the molecule is C=C1CS[C@@H]2[C@H](NC(=O)COc3ccccc3)C(=O)N2[C@H]1C(=O)OCc1ccc([N+](=O)[O-])cc1. The maximum Gasteiger partial charge on any atom is 0.333 e. The second-order valence-electron chi connectivity index (χ2n) is 7.69. The van der Waals surface area contributed by atoms with E-state index in [1.165, 1.54) is 40.9 Å². The Morgan fingerprint density at radius 3 is 2.56 bits per heavy atom. The molecule has 0 aromatic heterocycles. The van der Waals surface area contributed by atoms with Gasteiger partial charge in [0.05, 0.1) is 4.92 Å². The van der Waals surface area contributed by atoms with Crippen molar-refractivity contribution in [1.82, 2.24) is 10.2 Å². The molecular formula is C23H21N3O7S. The molecule has 2 aromatic rings. The van der Waals surface area contributed by atoms with Crippen LogP contribution >= 0.6 is 11.8 Å². The van der Waals surface area contributed by atoms with E-state index in [1.807, 2.05) is 6.07 Å². The first-order valence-corrected chi connectivity index (χ1v) is 11.4. The molecule has 2 heterocycles. The third-order valence-electron chi connectivity index (χ3n) is 5.37. The molecule has 3 atom stereocenters. The number of hydrogen-bond acceptors (Lipinski definition) is 8. The number of nitrogens with one attached hydrogen (secondary N) is 1. The molecule has 4 rings (SSSR count). The van der Waals surface area contributed by atoms with E-state index in [0.717, 1.165) is 0 Å². The van der Waals surface area contributed by atoms with E-state index in [9.17, 15) is 24.5 Å². The topological polar surface area (TPSA) is 128 Å². The highest BCUT2D eigenvalue weighted by atomic mass is 32.2. The van der Waals surface area contributed by atoms with Crippen molar-refractivity contribution < 1.29 is 28.8 Å². The fraction of sp³-hybridized carbons (Fsp3) is 0.261. The zero-order valence-electron chi connectivity index (χ0n) is 17.9. The monoisotopic (exact) mass is 483 g/mol. The molecule has 34 heavy (non-hydrogen) atoms. The van der Waals surface area contributed by atoms with Gasteiger partial charge in [0.1, 0.15) is 23.8 Å². The zero-order chi connectivity index (χ0) is 24.2. The van der Waals surface area contributed by atoms with Gasteiger partial charge < -0.3 is 19.7 Å². The number of carbonyl (C=O) groups excluding carboxylic acids is 3. The fourth-order valence-electron chi connectivity index (χ4n) is 3.65. The summed E-state index contributed by atoms with van der Waals surface area (Å²) in [5, 5.41) is 13.0. The van der Waals surface area contributed by atoms with Crippen molar-refractivity contribution in [3.63, 3.8) is 0 Å². The van der Waals surface area contributed by atoms with Gasteiger partial charge in [-0.2, -0.15) is 0 Å².